The second kappa shape index (κ2) is 6.00. The van der Waals surface area contributed by atoms with Crippen molar-refractivity contribution in [3.63, 3.8) is 0 Å². The molecular formula is C11H15F3N2O. The highest BCUT2D eigenvalue weighted by Gasteiger charge is 2.30. The molecule has 96 valence electrons. The molecule has 0 saturated carbocycles. The minimum absolute atomic E-state index is 0.121. The minimum Gasteiger partial charge on any atom is -0.390 e. The molecule has 3 nitrogen and oxygen atoms in total. The Labute approximate surface area is 97.4 Å². The van der Waals surface area contributed by atoms with Gasteiger partial charge in [-0.15, -0.1) is 0 Å². The smallest absolute Gasteiger partial charge is 0.390 e. The van der Waals surface area contributed by atoms with Gasteiger partial charge in [-0.3, -0.25) is 0 Å². The first-order valence-corrected chi connectivity index (χ1v) is 5.18. The molecule has 4 N–H and O–H groups in total. The Morgan fingerprint density at radius 2 is 2.06 bits per heavy atom. The van der Waals surface area contributed by atoms with E-state index < -0.39 is 17.8 Å². The molecule has 17 heavy (non-hydrogen) atoms. The molecule has 1 aromatic rings. The van der Waals surface area contributed by atoms with Crippen LogP contribution in [0.3, 0.4) is 0 Å². The molecule has 1 atom stereocenters. The van der Waals surface area contributed by atoms with Gasteiger partial charge in [0.1, 0.15) is 0 Å². The average Bonchev–Trinajstić information content (AvgIpc) is 2.28. The summed E-state index contributed by atoms with van der Waals surface area (Å²) in [5.74, 6) is 0. The number of alkyl halides is 3. The fraction of sp³-hybridized carbons (Fsp3) is 0.455. The third-order valence-corrected chi connectivity index (χ3v) is 2.24. The second-order valence-electron chi connectivity index (χ2n) is 3.72. The molecule has 0 saturated heterocycles. The highest BCUT2D eigenvalue weighted by atomic mass is 19.4. The van der Waals surface area contributed by atoms with Gasteiger partial charge in [-0.1, -0.05) is 18.2 Å². The molecule has 0 aromatic heterocycles. The summed E-state index contributed by atoms with van der Waals surface area (Å²) >= 11 is 0. The number of aliphatic hydroxyl groups excluding tert-OH is 1. The summed E-state index contributed by atoms with van der Waals surface area (Å²) in [4.78, 5) is 0. The molecule has 1 rings (SSSR count). The molecule has 6 heteroatoms. The normalized spacial score (nSPS) is 13.7. The molecule has 0 aliphatic rings. The first kappa shape index (κ1) is 14.0. The van der Waals surface area contributed by atoms with Crippen molar-refractivity contribution in [1.82, 2.24) is 5.32 Å². The largest absolute Gasteiger partial charge is 0.416 e. The van der Waals surface area contributed by atoms with E-state index in [0.717, 1.165) is 12.1 Å². The molecule has 0 spiro atoms. The molecular weight excluding hydrogens is 233 g/mol. The predicted octanol–water partition coefficient (Wildman–Crippen LogP) is 1.11. The molecule has 0 bridgehead atoms. The molecule has 1 aromatic carbocycles. The number of benzene rings is 1. The standard InChI is InChI=1S/C11H15F3N2O/c12-11(13,14)9-3-1-2-8(4-9)6-16-7-10(17)5-15/h1-4,10,16-17H,5-7,15H2/t10-/m0/s1. The number of rotatable bonds is 5. The highest BCUT2D eigenvalue weighted by Crippen LogP contribution is 2.29. The summed E-state index contributed by atoms with van der Waals surface area (Å²) in [6, 6.07) is 5.07. The third-order valence-electron chi connectivity index (χ3n) is 2.24. The van der Waals surface area contributed by atoms with Crippen molar-refractivity contribution in [3.8, 4) is 0 Å². The van der Waals surface area contributed by atoms with Crippen LogP contribution in [0.5, 0.6) is 0 Å². The van der Waals surface area contributed by atoms with Crippen LogP contribution in [0.15, 0.2) is 24.3 Å². The van der Waals surface area contributed by atoms with E-state index in [2.05, 4.69) is 5.32 Å². The van der Waals surface area contributed by atoms with Gasteiger partial charge in [-0.2, -0.15) is 13.2 Å². The van der Waals surface area contributed by atoms with Crippen molar-refractivity contribution in [1.29, 1.82) is 0 Å². The summed E-state index contributed by atoms with van der Waals surface area (Å²) < 4.78 is 37.2. The van der Waals surface area contributed by atoms with Gasteiger partial charge in [0.05, 0.1) is 11.7 Å². The summed E-state index contributed by atoms with van der Waals surface area (Å²) in [6.45, 7) is 0.642. The number of aliphatic hydroxyl groups is 1. The summed E-state index contributed by atoms with van der Waals surface area (Å²) in [7, 11) is 0. The van der Waals surface area contributed by atoms with Gasteiger partial charge in [0.15, 0.2) is 0 Å². The molecule has 0 fully saturated rings. The first-order valence-electron chi connectivity index (χ1n) is 5.18. The van der Waals surface area contributed by atoms with E-state index in [1.54, 1.807) is 6.07 Å². The van der Waals surface area contributed by atoms with E-state index in [1.165, 1.54) is 6.07 Å². The predicted molar refractivity (Wildman–Crippen MR) is 58.2 cm³/mol. The van der Waals surface area contributed by atoms with Crippen LogP contribution in [-0.2, 0) is 12.7 Å². The summed E-state index contributed by atoms with van der Waals surface area (Å²) in [5, 5.41) is 12.0. The average molecular weight is 248 g/mol. The lowest BCUT2D eigenvalue weighted by atomic mass is 10.1. The maximum atomic E-state index is 12.4. The van der Waals surface area contributed by atoms with E-state index in [9.17, 15) is 13.2 Å². The fourth-order valence-corrected chi connectivity index (χ4v) is 1.32. The lowest BCUT2D eigenvalue weighted by Crippen LogP contribution is -2.32. The van der Waals surface area contributed by atoms with Gasteiger partial charge in [0, 0.05) is 19.6 Å². The Hall–Kier alpha value is -1.11. The lowest BCUT2D eigenvalue weighted by Gasteiger charge is -2.11. The van der Waals surface area contributed by atoms with Crippen molar-refractivity contribution in [2.24, 2.45) is 5.73 Å². The van der Waals surface area contributed by atoms with E-state index in [-0.39, 0.29) is 19.6 Å². The Bertz CT molecular complexity index is 355. The van der Waals surface area contributed by atoms with Crippen LogP contribution >= 0.6 is 0 Å². The van der Waals surface area contributed by atoms with Gasteiger partial charge in [-0.05, 0) is 11.6 Å². The number of hydrogen-bond acceptors (Lipinski definition) is 3. The third kappa shape index (κ3) is 4.72. The zero-order valence-corrected chi connectivity index (χ0v) is 9.17. The monoisotopic (exact) mass is 248 g/mol. The Morgan fingerprint density at radius 1 is 1.35 bits per heavy atom. The summed E-state index contributed by atoms with van der Waals surface area (Å²) in [5.41, 5.74) is 5.04. The maximum Gasteiger partial charge on any atom is 0.416 e. The van der Waals surface area contributed by atoms with Crippen molar-refractivity contribution in [2.45, 2.75) is 18.8 Å². The molecule has 0 amide bonds. The van der Waals surface area contributed by atoms with Gasteiger partial charge in [-0.25, -0.2) is 0 Å². The van der Waals surface area contributed by atoms with Crippen LogP contribution in [0, 0.1) is 0 Å². The number of halogens is 3. The van der Waals surface area contributed by atoms with Gasteiger partial charge >= 0.3 is 6.18 Å². The number of nitrogens with two attached hydrogens (primary N) is 1. The Kier molecular flexibility index (Phi) is 4.92. The molecule has 0 aliphatic carbocycles. The van der Waals surface area contributed by atoms with Crippen molar-refractivity contribution >= 4 is 0 Å². The number of nitrogens with one attached hydrogen (secondary N) is 1. The minimum atomic E-state index is -4.33. The van der Waals surface area contributed by atoms with E-state index in [4.69, 9.17) is 10.8 Å². The Morgan fingerprint density at radius 3 is 2.65 bits per heavy atom. The zero-order valence-electron chi connectivity index (χ0n) is 9.17. The fourth-order valence-electron chi connectivity index (χ4n) is 1.32. The van der Waals surface area contributed by atoms with E-state index >= 15 is 0 Å². The maximum absolute atomic E-state index is 12.4. The molecule has 0 aliphatic heterocycles. The van der Waals surface area contributed by atoms with Crippen molar-refractivity contribution < 1.29 is 18.3 Å². The number of hydrogen-bond donors (Lipinski definition) is 3. The van der Waals surface area contributed by atoms with Gasteiger partial charge in [0.2, 0.25) is 0 Å². The van der Waals surface area contributed by atoms with Crippen molar-refractivity contribution in [2.75, 3.05) is 13.1 Å². The van der Waals surface area contributed by atoms with Gasteiger partial charge in [0.25, 0.3) is 0 Å². The SMILES string of the molecule is NC[C@H](O)CNCc1cccc(C(F)(F)F)c1. The van der Waals surface area contributed by atoms with Crippen LogP contribution in [0.1, 0.15) is 11.1 Å². The highest BCUT2D eigenvalue weighted by molar-refractivity contribution is 5.25. The Balaban J connectivity index is 2.55. The van der Waals surface area contributed by atoms with E-state index in [0.29, 0.717) is 5.56 Å². The molecule has 0 unspecified atom stereocenters. The second-order valence-corrected chi connectivity index (χ2v) is 3.72. The molecule has 0 radical (unpaired) electrons. The lowest BCUT2D eigenvalue weighted by molar-refractivity contribution is -0.137. The summed E-state index contributed by atoms with van der Waals surface area (Å²) in [6.07, 6.45) is -5.01. The topological polar surface area (TPSA) is 58.3 Å². The van der Waals surface area contributed by atoms with Crippen LogP contribution in [0.4, 0.5) is 13.2 Å². The van der Waals surface area contributed by atoms with Gasteiger partial charge < -0.3 is 16.2 Å². The van der Waals surface area contributed by atoms with Crippen LogP contribution in [0.2, 0.25) is 0 Å². The van der Waals surface area contributed by atoms with Crippen LogP contribution in [-0.4, -0.2) is 24.3 Å². The van der Waals surface area contributed by atoms with Crippen LogP contribution < -0.4 is 11.1 Å². The molecule has 0 heterocycles. The quantitative estimate of drug-likeness (QED) is 0.731. The van der Waals surface area contributed by atoms with Crippen LogP contribution in [0.25, 0.3) is 0 Å². The first-order chi connectivity index (χ1) is 7.93. The van der Waals surface area contributed by atoms with Crippen molar-refractivity contribution in [3.05, 3.63) is 35.4 Å². The zero-order chi connectivity index (χ0) is 12.9. The van der Waals surface area contributed by atoms with E-state index in [1.807, 2.05) is 0 Å².